The van der Waals surface area contributed by atoms with Gasteiger partial charge in [0.1, 0.15) is 0 Å². The molecule has 1 aromatic carbocycles. The summed E-state index contributed by atoms with van der Waals surface area (Å²) in [5.74, 6) is 0.799. The molecule has 0 bridgehead atoms. The van der Waals surface area contributed by atoms with E-state index in [1.807, 2.05) is 30.5 Å². The Morgan fingerprint density at radius 1 is 1.44 bits per heavy atom. The van der Waals surface area contributed by atoms with Crippen LogP contribution in [0.5, 0.6) is 0 Å². The molecule has 0 aliphatic carbocycles. The van der Waals surface area contributed by atoms with Gasteiger partial charge < -0.3 is 10.6 Å². The molecule has 3 nitrogen and oxygen atoms in total. The number of amides is 1. The number of carbonyl (C=O) groups excluding carboxylic acids is 1. The Balaban J connectivity index is 1.75. The maximum atomic E-state index is 11.8. The molecule has 1 amide bonds. The first kappa shape index (κ1) is 13.4. The fourth-order valence-electron chi connectivity index (χ4n) is 2.19. The normalized spacial score (nSPS) is 18.8. The van der Waals surface area contributed by atoms with E-state index in [1.54, 1.807) is 11.8 Å². The van der Waals surface area contributed by atoms with Crippen molar-refractivity contribution in [3.63, 3.8) is 0 Å². The maximum Gasteiger partial charge on any atom is 0.224 e. The van der Waals surface area contributed by atoms with Gasteiger partial charge >= 0.3 is 0 Å². The van der Waals surface area contributed by atoms with E-state index in [1.165, 1.54) is 11.3 Å². The third-order valence-corrected chi connectivity index (χ3v) is 4.06. The molecule has 4 heteroatoms. The zero-order valence-electron chi connectivity index (χ0n) is 10.7. The Kier molecular flexibility index (Phi) is 5.08. The van der Waals surface area contributed by atoms with Gasteiger partial charge in [0, 0.05) is 17.0 Å². The van der Waals surface area contributed by atoms with Gasteiger partial charge in [-0.25, -0.2) is 0 Å². The molecule has 0 saturated carbocycles. The lowest BCUT2D eigenvalue weighted by molar-refractivity contribution is -0.116. The molecule has 2 rings (SSSR count). The van der Waals surface area contributed by atoms with Gasteiger partial charge in [0.15, 0.2) is 0 Å². The molecular weight excluding hydrogens is 244 g/mol. The number of thioether (sulfide) groups is 1. The van der Waals surface area contributed by atoms with Crippen LogP contribution in [0.1, 0.15) is 19.3 Å². The summed E-state index contributed by atoms with van der Waals surface area (Å²) in [4.78, 5) is 13.0. The summed E-state index contributed by atoms with van der Waals surface area (Å²) in [5.41, 5.74) is 0.891. The summed E-state index contributed by atoms with van der Waals surface area (Å²) in [5, 5.41) is 6.27. The van der Waals surface area contributed by atoms with Gasteiger partial charge in [0.2, 0.25) is 5.91 Å². The highest BCUT2D eigenvalue weighted by molar-refractivity contribution is 7.98. The highest BCUT2D eigenvalue weighted by Gasteiger charge is 2.15. The second-order valence-electron chi connectivity index (χ2n) is 4.67. The monoisotopic (exact) mass is 264 g/mol. The third kappa shape index (κ3) is 4.03. The molecule has 1 heterocycles. The van der Waals surface area contributed by atoms with Crippen LogP contribution in [0.25, 0.3) is 0 Å². The molecule has 1 aliphatic rings. The van der Waals surface area contributed by atoms with Gasteiger partial charge in [0.25, 0.3) is 0 Å². The second kappa shape index (κ2) is 6.81. The van der Waals surface area contributed by atoms with E-state index in [0.29, 0.717) is 12.3 Å². The van der Waals surface area contributed by atoms with E-state index in [-0.39, 0.29) is 5.91 Å². The van der Waals surface area contributed by atoms with E-state index in [2.05, 4.69) is 10.6 Å². The minimum absolute atomic E-state index is 0.124. The van der Waals surface area contributed by atoms with Crippen molar-refractivity contribution in [2.45, 2.75) is 24.2 Å². The molecule has 98 valence electrons. The lowest BCUT2D eigenvalue weighted by Crippen LogP contribution is -2.14. The van der Waals surface area contributed by atoms with Crippen LogP contribution >= 0.6 is 11.8 Å². The predicted molar refractivity (Wildman–Crippen MR) is 77.1 cm³/mol. The molecule has 0 spiro atoms. The van der Waals surface area contributed by atoms with Crippen molar-refractivity contribution in [1.29, 1.82) is 0 Å². The van der Waals surface area contributed by atoms with Gasteiger partial charge in [-0.3, -0.25) is 4.79 Å². The van der Waals surface area contributed by atoms with Crippen LogP contribution in [0.2, 0.25) is 0 Å². The summed E-state index contributed by atoms with van der Waals surface area (Å²) >= 11 is 1.70. The first-order chi connectivity index (χ1) is 8.78. The lowest BCUT2D eigenvalue weighted by Gasteiger charge is -2.09. The zero-order valence-corrected chi connectivity index (χ0v) is 11.6. The van der Waals surface area contributed by atoms with Crippen molar-refractivity contribution >= 4 is 23.4 Å². The summed E-state index contributed by atoms with van der Waals surface area (Å²) in [6.45, 7) is 2.16. The average molecular weight is 264 g/mol. The minimum atomic E-state index is 0.124. The number of rotatable bonds is 5. The molecule has 1 fully saturated rings. The van der Waals surface area contributed by atoms with E-state index >= 15 is 0 Å². The van der Waals surface area contributed by atoms with Crippen molar-refractivity contribution in [3.05, 3.63) is 24.3 Å². The summed E-state index contributed by atoms with van der Waals surface area (Å²) < 4.78 is 0. The van der Waals surface area contributed by atoms with Gasteiger partial charge in [-0.2, -0.15) is 0 Å². The number of benzene rings is 1. The zero-order chi connectivity index (χ0) is 12.8. The molecule has 18 heavy (non-hydrogen) atoms. The number of hydrogen-bond acceptors (Lipinski definition) is 3. The van der Waals surface area contributed by atoms with Crippen molar-refractivity contribution in [2.75, 3.05) is 24.7 Å². The van der Waals surface area contributed by atoms with Crippen LogP contribution in [0.4, 0.5) is 5.69 Å². The topological polar surface area (TPSA) is 41.1 Å². The van der Waals surface area contributed by atoms with Crippen LogP contribution < -0.4 is 10.6 Å². The summed E-state index contributed by atoms with van der Waals surface area (Å²) in [6, 6.07) is 7.98. The van der Waals surface area contributed by atoms with Crippen LogP contribution in [-0.4, -0.2) is 25.3 Å². The van der Waals surface area contributed by atoms with E-state index < -0.39 is 0 Å². The van der Waals surface area contributed by atoms with Crippen LogP contribution in [-0.2, 0) is 4.79 Å². The molecule has 1 unspecified atom stereocenters. The first-order valence-electron chi connectivity index (χ1n) is 6.42. The second-order valence-corrected chi connectivity index (χ2v) is 5.55. The molecule has 1 saturated heterocycles. The van der Waals surface area contributed by atoms with Crippen molar-refractivity contribution in [3.8, 4) is 0 Å². The SMILES string of the molecule is CSc1ccc(NC(=O)CCC2CCNC2)cc1. The Hall–Kier alpha value is -1.00. The number of hydrogen-bond donors (Lipinski definition) is 2. The quantitative estimate of drug-likeness (QED) is 0.803. The highest BCUT2D eigenvalue weighted by atomic mass is 32.2. The maximum absolute atomic E-state index is 11.8. The summed E-state index contributed by atoms with van der Waals surface area (Å²) in [7, 11) is 0. The number of carbonyl (C=O) groups is 1. The molecule has 2 N–H and O–H groups in total. The highest BCUT2D eigenvalue weighted by Crippen LogP contribution is 2.18. The molecular formula is C14H20N2OS. The number of nitrogens with one attached hydrogen (secondary N) is 2. The third-order valence-electron chi connectivity index (χ3n) is 3.32. The molecule has 0 radical (unpaired) electrons. The van der Waals surface area contributed by atoms with E-state index in [0.717, 1.165) is 25.2 Å². The van der Waals surface area contributed by atoms with Gasteiger partial charge in [-0.1, -0.05) is 0 Å². The molecule has 1 aromatic rings. The fraction of sp³-hybridized carbons (Fsp3) is 0.500. The van der Waals surface area contributed by atoms with Gasteiger partial charge in [0.05, 0.1) is 0 Å². The molecule has 1 aliphatic heterocycles. The van der Waals surface area contributed by atoms with Crippen molar-refractivity contribution in [2.24, 2.45) is 5.92 Å². The van der Waals surface area contributed by atoms with Gasteiger partial charge in [-0.15, -0.1) is 11.8 Å². The van der Waals surface area contributed by atoms with Crippen LogP contribution in [0.3, 0.4) is 0 Å². The molecule has 0 aromatic heterocycles. The van der Waals surface area contributed by atoms with E-state index in [4.69, 9.17) is 0 Å². The minimum Gasteiger partial charge on any atom is -0.326 e. The molecule has 1 atom stereocenters. The fourth-order valence-corrected chi connectivity index (χ4v) is 2.60. The van der Waals surface area contributed by atoms with Crippen LogP contribution in [0, 0.1) is 5.92 Å². The number of anilines is 1. The smallest absolute Gasteiger partial charge is 0.224 e. The Bertz CT molecular complexity index is 385. The van der Waals surface area contributed by atoms with Crippen molar-refractivity contribution in [1.82, 2.24) is 5.32 Å². The van der Waals surface area contributed by atoms with Crippen molar-refractivity contribution < 1.29 is 4.79 Å². The summed E-state index contributed by atoms with van der Waals surface area (Å²) in [6.07, 6.45) is 4.86. The average Bonchev–Trinajstić information content (AvgIpc) is 2.90. The standard InChI is InChI=1S/C14H20N2OS/c1-18-13-5-3-12(4-6-13)16-14(17)7-2-11-8-9-15-10-11/h3-6,11,15H,2,7-10H2,1H3,(H,16,17). The first-order valence-corrected chi connectivity index (χ1v) is 7.65. The Morgan fingerprint density at radius 2 is 2.22 bits per heavy atom. The van der Waals surface area contributed by atoms with E-state index in [9.17, 15) is 4.79 Å². The predicted octanol–water partition coefficient (Wildman–Crippen LogP) is 2.74. The largest absolute Gasteiger partial charge is 0.326 e. The van der Waals surface area contributed by atoms with Gasteiger partial charge in [-0.05, 0) is 62.4 Å². The Morgan fingerprint density at radius 3 is 2.83 bits per heavy atom. The lowest BCUT2D eigenvalue weighted by atomic mass is 10.0. The Labute approximate surface area is 113 Å². The van der Waals surface area contributed by atoms with Crippen LogP contribution in [0.15, 0.2) is 29.2 Å².